The van der Waals surface area contributed by atoms with Crippen molar-refractivity contribution in [3.63, 3.8) is 0 Å². The van der Waals surface area contributed by atoms with E-state index in [0.29, 0.717) is 10.9 Å². The van der Waals surface area contributed by atoms with E-state index >= 15 is 0 Å². The molecule has 0 aliphatic carbocycles. The van der Waals surface area contributed by atoms with Crippen LogP contribution >= 0.6 is 40.2 Å². The third kappa shape index (κ3) is 3.67. The Morgan fingerprint density at radius 3 is 2.48 bits per heavy atom. The Bertz CT molecular complexity index is 564. The maximum Gasteiger partial charge on any atom is 0.491 e. The highest BCUT2D eigenvalue weighted by molar-refractivity contribution is 9.10. The highest BCUT2D eigenvalue weighted by Gasteiger charge is 2.52. The number of nitrogens with zero attached hydrogens (tertiary/aromatic N) is 1. The zero-order valence-electron chi connectivity index (χ0n) is 12.5. The number of hydrogen-bond donors (Lipinski definition) is 1. The van der Waals surface area contributed by atoms with Crippen molar-refractivity contribution in [2.45, 2.75) is 38.9 Å². The molecule has 2 heterocycles. The molecule has 1 aliphatic rings. The number of thiol groups is 1. The van der Waals surface area contributed by atoms with Crippen LogP contribution in [0, 0.1) is 0 Å². The topological polar surface area (TPSA) is 31.4 Å². The molecule has 7 heteroatoms. The normalized spacial score (nSPS) is 20.9. The number of pyridine rings is 1. The van der Waals surface area contributed by atoms with Crippen molar-refractivity contribution in [2.75, 3.05) is 5.75 Å². The smallest absolute Gasteiger partial charge is 0.400 e. The van der Waals surface area contributed by atoms with E-state index in [1.807, 2.05) is 33.8 Å². The van der Waals surface area contributed by atoms with Crippen molar-refractivity contribution in [1.29, 1.82) is 0 Å². The van der Waals surface area contributed by atoms with E-state index < -0.39 is 7.12 Å². The van der Waals surface area contributed by atoms with Crippen molar-refractivity contribution in [1.82, 2.24) is 4.98 Å². The molecule has 0 unspecified atom stereocenters. The fourth-order valence-corrected chi connectivity index (χ4v) is 2.66. The summed E-state index contributed by atoms with van der Waals surface area (Å²) in [5, 5.41) is 0.442. The molecule has 0 N–H and O–H groups in total. The van der Waals surface area contributed by atoms with Gasteiger partial charge in [-0.15, -0.1) is 0 Å². The van der Waals surface area contributed by atoms with E-state index in [9.17, 15) is 0 Å². The Kier molecular flexibility index (Phi) is 5.16. The minimum atomic E-state index is -0.411. The van der Waals surface area contributed by atoms with E-state index in [4.69, 9.17) is 20.9 Å². The predicted molar refractivity (Wildman–Crippen MR) is 94.9 cm³/mol. The lowest BCUT2D eigenvalue weighted by atomic mass is 9.78. The van der Waals surface area contributed by atoms with Crippen molar-refractivity contribution in [2.24, 2.45) is 0 Å². The number of rotatable bonds is 3. The van der Waals surface area contributed by atoms with Gasteiger partial charge in [0.1, 0.15) is 5.15 Å². The molecule has 1 aliphatic heterocycles. The molecule has 0 spiro atoms. The molecule has 3 nitrogen and oxygen atoms in total. The van der Waals surface area contributed by atoms with Crippen LogP contribution in [-0.2, 0) is 9.31 Å². The second kappa shape index (κ2) is 6.24. The molecule has 1 saturated heterocycles. The van der Waals surface area contributed by atoms with Gasteiger partial charge in [0.15, 0.2) is 0 Å². The molecule has 0 bridgehead atoms. The summed E-state index contributed by atoms with van der Waals surface area (Å²) in [5.74, 6) is 0.531. The van der Waals surface area contributed by atoms with Gasteiger partial charge in [-0.3, -0.25) is 0 Å². The van der Waals surface area contributed by atoms with Gasteiger partial charge >= 0.3 is 7.12 Å². The molecule has 0 saturated carbocycles. The highest BCUT2D eigenvalue weighted by Crippen LogP contribution is 2.39. The maximum atomic E-state index is 6.06. The monoisotopic (exact) mass is 389 g/mol. The Morgan fingerprint density at radius 1 is 1.38 bits per heavy atom. The second-order valence-corrected chi connectivity index (χ2v) is 7.55. The van der Waals surface area contributed by atoms with E-state index in [2.05, 4.69) is 33.5 Å². The van der Waals surface area contributed by atoms with Crippen LogP contribution in [0.2, 0.25) is 5.15 Å². The summed E-state index contributed by atoms with van der Waals surface area (Å²) in [5.41, 5.74) is 1.13. The van der Waals surface area contributed by atoms with E-state index in [-0.39, 0.29) is 11.2 Å². The quantitative estimate of drug-likeness (QED) is 0.470. The Morgan fingerprint density at radius 2 is 1.95 bits per heavy atom. The molecule has 1 aromatic rings. The summed E-state index contributed by atoms with van der Waals surface area (Å²) in [6, 6.07) is 1.79. The lowest BCUT2D eigenvalue weighted by molar-refractivity contribution is 0.00578. The van der Waals surface area contributed by atoms with Gasteiger partial charge in [0.2, 0.25) is 0 Å². The summed E-state index contributed by atoms with van der Waals surface area (Å²) in [4.78, 5) is 4.02. The molecule has 2 rings (SSSR count). The molecule has 1 fully saturated rings. The Balaban J connectivity index is 2.33. The van der Waals surface area contributed by atoms with Gasteiger partial charge in [-0.25, -0.2) is 4.98 Å². The fraction of sp³-hybridized carbons (Fsp3) is 0.500. The van der Waals surface area contributed by atoms with Gasteiger partial charge in [0.25, 0.3) is 0 Å². The summed E-state index contributed by atoms with van der Waals surface area (Å²) >= 11 is 13.8. The van der Waals surface area contributed by atoms with Gasteiger partial charge in [0, 0.05) is 16.4 Å². The van der Waals surface area contributed by atoms with Crippen molar-refractivity contribution < 1.29 is 9.31 Å². The van der Waals surface area contributed by atoms with Crippen LogP contribution in [0.1, 0.15) is 33.3 Å². The first-order chi connectivity index (χ1) is 9.66. The first-order valence-electron chi connectivity index (χ1n) is 6.64. The summed E-state index contributed by atoms with van der Waals surface area (Å²) in [6.45, 7) is 8.12. The molecular weight excluding hydrogens is 372 g/mol. The van der Waals surface area contributed by atoms with Crippen molar-refractivity contribution >= 4 is 53.4 Å². The largest absolute Gasteiger partial charge is 0.491 e. The highest BCUT2D eigenvalue weighted by atomic mass is 79.9. The molecule has 114 valence electrons. The molecule has 21 heavy (non-hydrogen) atoms. The summed E-state index contributed by atoms with van der Waals surface area (Å²) in [7, 11) is -0.411. The molecule has 0 aromatic carbocycles. The zero-order valence-corrected chi connectivity index (χ0v) is 15.7. The van der Waals surface area contributed by atoms with Gasteiger partial charge < -0.3 is 9.31 Å². The van der Waals surface area contributed by atoms with Gasteiger partial charge in [-0.1, -0.05) is 17.7 Å². The van der Waals surface area contributed by atoms with E-state index in [1.165, 1.54) is 0 Å². The maximum absolute atomic E-state index is 6.06. The van der Waals surface area contributed by atoms with E-state index in [1.54, 1.807) is 12.3 Å². The zero-order chi connectivity index (χ0) is 15.8. The third-order valence-corrected chi connectivity index (χ3v) is 5.17. The average molecular weight is 391 g/mol. The molecule has 0 atom stereocenters. The van der Waals surface area contributed by atoms with Gasteiger partial charge in [-0.2, -0.15) is 12.6 Å². The fourth-order valence-electron chi connectivity index (χ4n) is 1.92. The first-order valence-corrected chi connectivity index (χ1v) is 8.44. The van der Waals surface area contributed by atoms with Crippen LogP contribution in [-0.4, -0.2) is 29.1 Å². The minimum absolute atomic E-state index is 0.368. The number of halogens is 2. The first kappa shape index (κ1) is 17.4. The Hall–Kier alpha value is -0.00506. The van der Waals surface area contributed by atoms with Crippen LogP contribution < -0.4 is 0 Å². The summed E-state index contributed by atoms with van der Waals surface area (Å²) in [6.07, 6.45) is 3.65. The van der Waals surface area contributed by atoms with Crippen LogP contribution in [0.25, 0.3) is 6.08 Å². The van der Waals surface area contributed by atoms with Crippen LogP contribution in [0.3, 0.4) is 0 Å². The molecule has 0 amide bonds. The van der Waals surface area contributed by atoms with Crippen LogP contribution in [0.4, 0.5) is 0 Å². The molecule has 0 radical (unpaired) electrons. The molecular formula is C14H18BBrClNO2S. The van der Waals surface area contributed by atoms with Crippen molar-refractivity contribution in [3.05, 3.63) is 32.9 Å². The number of aromatic nitrogens is 1. The van der Waals surface area contributed by atoms with Gasteiger partial charge in [0.05, 0.1) is 11.2 Å². The third-order valence-electron chi connectivity index (χ3n) is 3.93. The molecule has 1 aromatic heterocycles. The van der Waals surface area contributed by atoms with Gasteiger partial charge in [-0.05, 0) is 60.7 Å². The summed E-state index contributed by atoms with van der Waals surface area (Å²) < 4.78 is 13.0. The van der Waals surface area contributed by atoms with Crippen molar-refractivity contribution in [3.8, 4) is 0 Å². The lowest BCUT2D eigenvalue weighted by Crippen LogP contribution is -2.41. The average Bonchev–Trinajstić information content (AvgIpc) is 2.59. The lowest BCUT2D eigenvalue weighted by Gasteiger charge is -2.32. The number of hydrogen-bond acceptors (Lipinski definition) is 4. The Labute approximate surface area is 145 Å². The standard InChI is InChI=1S/C14H18BBrClNO2S/c1-13(2)14(3,4)20-15(19-13)10(8-21)5-9-6-12(17)18-7-11(9)16/h5-7,21H,8H2,1-4H3. The SMILES string of the molecule is CC1(C)OB(C(=Cc2cc(Cl)ncc2Br)CS)OC1(C)C. The minimum Gasteiger partial charge on any atom is -0.400 e. The van der Waals surface area contributed by atoms with Crippen LogP contribution in [0.5, 0.6) is 0 Å². The second-order valence-electron chi connectivity index (χ2n) is 5.99. The predicted octanol–water partition coefficient (Wildman–Crippen LogP) is 4.44. The van der Waals surface area contributed by atoms with E-state index in [0.717, 1.165) is 15.5 Å². The van der Waals surface area contributed by atoms with Crippen LogP contribution in [0.15, 0.2) is 22.2 Å².